The largest absolute Gasteiger partial charge is 0.466 e. The number of carbonyl (C=O) groups excluding carboxylic acids is 2. The average molecular weight is 236 g/mol. The molecule has 0 unspecified atom stereocenters. The van der Waals surface area contributed by atoms with Crippen molar-refractivity contribution in [1.82, 2.24) is 4.98 Å². The number of aryl methyl sites for hydroxylation is 1. The number of anilines is 1. The number of hydrogen-bond donors (Lipinski definition) is 1. The van der Waals surface area contributed by atoms with Gasteiger partial charge in [-0.05, 0) is 26.0 Å². The molecule has 5 nitrogen and oxygen atoms in total. The number of esters is 1. The van der Waals surface area contributed by atoms with Crippen molar-refractivity contribution in [1.29, 1.82) is 0 Å². The molecule has 1 amide bonds. The van der Waals surface area contributed by atoms with E-state index in [4.69, 9.17) is 4.74 Å². The highest BCUT2D eigenvalue weighted by atomic mass is 16.5. The summed E-state index contributed by atoms with van der Waals surface area (Å²) in [6, 6.07) is 3.51. The van der Waals surface area contributed by atoms with E-state index in [-0.39, 0.29) is 24.7 Å². The number of aromatic nitrogens is 1. The lowest BCUT2D eigenvalue weighted by Gasteiger charge is -2.06. The molecule has 0 radical (unpaired) electrons. The Labute approximate surface area is 100 Å². The molecule has 5 heteroatoms. The third kappa shape index (κ3) is 4.63. The van der Waals surface area contributed by atoms with Gasteiger partial charge in [-0.2, -0.15) is 0 Å². The molecule has 0 spiro atoms. The fourth-order valence-electron chi connectivity index (χ4n) is 1.28. The van der Waals surface area contributed by atoms with Gasteiger partial charge in [0.2, 0.25) is 5.91 Å². The van der Waals surface area contributed by atoms with Crippen LogP contribution >= 0.6 is 0 Å². The lowest BCUT2D eigenvalue weighted by molar-refractivity contribution is -0.144. The summed E-state index contributed by atoms with van der Waals surface area (Å²) in [5.41, 5.74) is 1.42. The van der Waals surface area contributed by atoms with Crippen LogP contribution in [0.1, 0.15) is 25.5 Å². The monoisotopic (exact) mass is 236 g/mol. The van der Waals surface area contributed by atoms with Gasteiger partial charge in [0, 0.05) is 12.6 Å². The van der Waals surface area contributed by atoms with E-state index in [0.717, 1.165) is 5.69 Å². The Bertz CT molecular complexity index is 404. The van der Waals surface area contributed by atoms with Crippen LogP contribution in [0.25, 0.3) is 0 Å². The zero-order valence-electron chi connectivity index (χ0n) is 10.0. The molecule has 92 valence electrons. The van der Waals surface area contributed by atoms with E-state index in [9.17, 15) is 9.59 Å². The lowest BCUT2D eigenvalue weighted by Crippen LogP contribution is -2.15. The molecule has 0 fully saturated rings. The molecule has 0 saturated carbocycles. The van der Waals surface area contributed by atoms with Gasteiger partial charge in [0.15, 0.2) is 0 Å². The molecule has 0 aliphatic heterocycles. The summed E-state index contributed by atoms with van der Waals surface area (Å²) in [5, 5.41) is 2.70. The predicted octanol–water partition coefficient (Wildman–Crippen LogP) is 1.67. The number of rotatable bonds is 5. The summed E-state index contributed by atoms with van der Waals surface area (Å²) in [5.74, 6) is -0.570. The van der Waals surface area contributed by atoms with Crippen molar-refractivity contribution in [2.24, 2.45) is 0 Å². The van der Waals surface area contributed by atoms with Crippen molar-refractivity contribution >= 4 is 17.6 Å². The SMILES string of the molecule is CCOC(=O)CCC(=O)Nc1cccnc1C. The van der Waals surface area contributed by atoms with E-state index < -0.39 is 0 Å². The maximum atomic E-state index is 11.5. The number of nitrogens with zero attached hydrogens (tertiary/aromatic N) is 1. The molecule has 0 aliphatic carbocycles. The quantitative estimate of drug-likeness (QED) is 0.789. The summed E-state index contributed by atoms with van der Waals surface area (Å²) in [6.07, 6.45) is 1.87. The lowest BCUT2D eigenvalue weighted by atomic mass is 10.2. The minimum atomic E-state index is -0.356. The predicted molar refractivity (Wildman–Crippen MR) is 63.5 cm³/mol. The summed E-state index contributed by atoms with van der Waals surface area (Å²) < 4.78 is 4.73. The Hall–Kier alpha value is -1.91. The van der Waals surface area contributed by atoms with Crippen LogP contribution in [0.5, 0.6) is 0 Å². The van der Waals surface area contributed by atoms with Crippen molar-refractivity contribution in [2.45, 2.75) is 26.7 Å². The van der Waals surface area contributed by atoms with Crippen LogP contribution in [-0.4, -0.2) is 23.5 Å². The number of pyridine rings is 1. The first-order valence-electron chi connectivity index (χ1n) is 5.50. The molecule has 0 aromatic carbocycles. The van der Waals surface area contributed by atoms with E-state index in [0.29, 0.717) is 12.3 Å². The van der Waals surface area contributed by atoms with Crippen molar-refractivity contribution in [3.05, 3.63) is 24.0 Å². The first kappa shape index (κ1) is 13.2. The minimum absolute atomic E-state index is 0.0962. The molecule has 1 heterocycles. The molecule has 17 heavy (non-hydrogen) atoms. The minimum Gasteiger partial charge on any atom is -0.466 e. The number of hydrogen-bond acceptors (Lipinski definition) is 4. The van der Waals surface area contributed by atoms with Crippen LogP contribution in [0, 0.1) is 6.92 Å². The van der Waals surface area contributed by atoms with Crippen LogP contribution in [0.3, 0.4) is 0 Å². The van der Waals surface area contributed by atoms with Gasteiger partial charge in [0.1, 0.15) is 0 Å². The second-order valence-electron chi connectivity index (χ2n) is 3.49. The highest BCUT2D eigenvalue weighted by molar-refractivity contribution is 5.92. The van der Waals surface area contributed by atoms with Gasteiger partial charge in [0.25, 0.3) is 0 Å². The summed E-state index contributed by atoms with van der Waals surface area (Å²) in [6.45, 7) is 3.88. The van der Waals surface area contributed by atoms with Gasteiger partial charge < -0.3 is 10.1 Å². The number of ether oxygens (including phenoxy) is 1. The third-order valence-corrected chi connectivity index (χ3v) is 2.14. The third-order valence-electron chi connectivity index (χ3n) is 2.14. The maximum absolute atomic E-state index is 11.5. The highest BCUT2D eigenvalue weighted by Crippen LogP contribution is 2.10. The van der Waals surface area contributed by atoms with Crippen LogP contribution in [0.4, 0.5) is 5.69 Å². The van der Waals surface area contributed by atoms with Crippen molar-refractivity contribution in [3.8, 4) is 0 Å². The van der Waals surface area contributed by atoms with Gasteiger partial charge in [-0.25, -0.2) is 0 Å². The standard InChI is InChI=1S/C12H16N2O3/c1-3-17-12(16)7-6-11(15)14-10-5-4-8-13-9(10)2/h4-5,8H,3,6-7H2,1-2H3,(H,14,15). The van der Waals surface area contributed by atoms with Crippen LogP contribution in [-0.2, 0) is 14.3 Å². The van der Waals surface area contributed by atoms with Crippen molar-refractivity contribution in [3.63, 3.8) is 0 Å². The molecule has 0 aliphatic rings. The molecule has 1 rings (SSSR count). The molecule has 0 bridgehead atoms. The number of nitrogens with one attached hydrogen (secondary N) is 1. The second-order valence-corrected chi connectivity index (χ2v) is 3.49. The van der Waals surface area contributed by atoms with Crippen LogP contribution < -0.4 is 5.32 Å². The van der Waals surface area contributed by atoms with Crippen LogP contribution in [0.2, 0.25) is 0 Å². The Morgan fingerprint density at radius 1 is 1.41 bits per heavy atom. The van der Waals surface area contributed by atoms with Crippen molar-refractivity contribution < 1.29 is 14.3 Å². The Kier molecular flexibility index (Phi) is 5.13. The molecule has 0 atom stereocenters. The fraction of sp³-hybridized carbons (Fsp3) is 0.417. The number of amides is 1. The Morgan fingerprint density at radius 2 is 2.18 bits per heavy atom. The zero-order valence-corrected chi connectivity index (χ0v) is 10.0. The summed E-state index contributed by atoms with van der Waals surface area (Å²) >= 11 is 0. The normalized spacial score (nSPS) is 9.76. The Morgan fingerprint density at radius 3 is 2.82 bits per heavy atom. The molecule has 0 saturated heterocycles. The van der Waals surface area contributed by atoms with Crippen LogP contribution in [0.15, 0.2) is 18.3 Å². The van der Waals surface area contributed by atoms with Gasteiger partial charge in [-0.1, -0.05) is 0 Å². The van der Waals surface area contributed by atoms with E-state index in [1.165, 1.54) is 0 Å². The molecule has 1 aromatic rings. The molecular weight excluding hydrogens is 220 g/mol. The summed E-state index contributed by atoms with van der Waals surface area (Å²) in [4.78, 5) is 26.6. The molecule has 1 aromatic heterocycles. The second kappa shape index (κ2) is 6.62. The van der Waals surface area contributed by atoms with Gasteiger partial charge in [-0.15, -0.1) is 0 Å². The summed E-state index contributed by atoms with van der Waals surface area (Å²) in [7, 11) is 0. The van der Waals surface area contributed by atoms with Gasteiger partial charge >= 0.3 is 5.97 Å². The molecular formula is C12H16N2O3. The van der Waals surface area contributed by atoms with Gasteiger partial charge in [0.05, 0.1) is 24.4 Å². The topological polar surface area (TPSA) is 68.3 Å². The maximum Gasteiger partial charge on any atom is 0.306 e. The van der Waals surface area contributed by atoms with E-state index >= 15 is 0 Å². The first-order chi connectivity index (χ1) is 8.13. The van der Waals surface area contributed by atoms with E-state index in [1.807, 2.05) is 0 Å². The number of carbonyl (C=O) groups is 2. The van der Waals surface area contributed by atoms with E-state index in [1.54, 1.807) is 32.2 Å². The highest BCUT2D eigenvalue weighted by Gasteiger charge is 2.08. The van der Waals surface area contributed by atoms with Crippen molar-refractivity contribution in [2.75, 3.05) is 11.9 Å². The molecule has 1 N–H and O–H groups in total. The van der Waals surface area contributed by atoms with E-state index in [2.05, 4.69) is 10.3 Å². The average Bonchev–Trinajstić information content (AvgIpc) is 2.30. The fourth-order valence-corrected chi connectivity index (χ4v) is 1.28. The smallest absolute Gasteiger partial charge is 0.306 e. The van der Waals surface area contributed by atoms with Gasteiger partial charge in [-0.3, -0.25) is 14.6 Å². The zero-order chi connectivity index (χ0) is 12.7. The first-order valence-corrected chi connectivity index (χ1v) is 5.50. The Balaban J connectivity index is 2.40.